The Morgan fingerprint density at radius 3 is 2.41 bits per heavy atom. The number of amides is 1. The van der Waals surface area contributed by atoms with Crippen LogP contribution in [0.15, 0.2) is 59.1 Å². The Hall–Kier alpha value is -2.05. The first-order valence-corrected chi connectivity index (χ1v) is 10.1. The summed E-state index contributed by atoms with van der Waals surface area (Å²) >= 11 is 3.38. The zero-order chi connectivity index (χ0) is 19.1. The number of nitrogens with zero attached hydrogens (tertiary/aromatic N) is 2. The molecule has 6 heteroatoms. The monoisotopic (exact) mass is 431 g/mol. The lowest BCUT2D eigenvalue weighted by Gasteiger charge is -2.39. The summed E-state index contributed by atoms with van der Waals surface area (Å²) < 4.78 is 6.50. The van der Waals surface area contributed by atoms with Crippen LogP contribution in [0.1, 0.15) is 6.92 Å². The van der Waals surface area contributed by atoms with Crippen LogP contribution >= 0.6 is 15.9 Å². The molecule has 1 heterocycles. The van der Waals surface area contributed by atoms with E-state index in [1.165, 1.54) is 5.69 Å². The zero-order valence-electron chi connectivity index (χ0n) is 15.6. The molecule has 2 aromatic rings. The summed E-state index contributed by atoms with van der Waals surface area (Å²) in [4.78, 5) is 16.9. The van der Waals surface area contributed by atoms with Gasteiger partial charge in [-0.3, -0.25) is 9.69 Å². The summed E-state index contributed by atoms with van der Waals surface area (Å²) in [7, 11) is 0. The van der Waals surface area contributed by atoms with Crippen molar-refractivity contribution in [3.05, 3.63) is 59.1 Å². The number of carbonyl (C=O) groups is 1. The highest BCUT2D eigenvalue weighted by molar-refractivity contribution is 9.10. The lowest BCUT2D eigenvalue weighted by molar-refractivity contribution is -0.123. The Labute approximate surface area is 169 Å². The number of hydrogen-bond donors (Lipinski definition) is 1. The van der Waals surface area contributed by atoms with Gasteiger partial charge in [0.2, 0.25) is 0 Å². The van der Waals surface area contributed by atoms with Gasteiger partial charge in [0.1, 0.15) is 5.75 Å². The minimum Gasteiger partial charge on any atom is -0.484 e. The number of nitrogens with one attached hydrogen (secondary N) is 1. The maximum atomic E-state index is 12.0. The van der Waals surface area contributed by atoms with Crippen molar-refractivity contribution in [2.45, 2.75) is 13.0 Å². The van der Waals surface area contributed by atoms with Gasteiger partial charge in [0, 0.05) is 48.9 Å². The second-order valence-corrected chi connectivity index (χ2v) is 7.67. The van der Waals surface area contributed by atoms with Gasteiger partial charge in [0.05, 0.1) is 0 Å². The summed E-state index contributed by atoms with van der Waals surface area (Å²) in [6.07, 6.45) is 0. The van der Waals surface area contributed by atoms with Crippen LogP contribution in [0.3, 0.4) is 0 Å². The summed E-state index contributed by atoms with van der Waals surface area (Å²) in [5.41, 5.74) is 1.28. The third kappa shape index (κ3) is 5.97. The number of carbonyl (C=O) groups excluding carboxylic acids is 1. The molecular weight excluding hydrogens is 406 g/mol. The third-order valence-electron chi connectivity index (χ3n) is 4.84. The molecule has 144 valence electrons. The molecule has 1 saturated heterocycles. The summed E-state index contributed by atoms with van der Waals surface area (Å²) in [6, 6.07) is 18.3. The van der Waals surface area contributed by atoms with Gasteiger partial charge in [0.15, 0.2) is 6.61 Å². The Kier molecular flexibility index (Phi) is 7.12. The standard InChI is InChI=1S/C21H26BrN3O2/c1-17(15-23-21(26)16-27-20-9-7-18(22)8-10-20)24-11-13-25(14-12-24)19-5-3-2-4-6-19/h2-10,17H,11-16H2,1H3,(H,23,26). The van der Waals surface area contributed by atoms with E-state index in [1.807, 2.05) is 30.3 Å². The van der Waals surface area contributed by atoms with Crippen molar-refractivity contribution in [2.24, 2.45) is 0 Å². The topological polar surface area (TPSA) is 44.8 Å². The van der Waals surface area contributed by atoms with E-state index in [4.69, 9.17) is 4.74 Å². The van der Waals surface area contributed by atoms with Crippen LogP contribution in [-0.2, 0) is 4.79 Å². The molecule has 1 unspecified atom stereocenters. The van der Waals surface area contributed by atoms with E-state index >= 15 is 0 Å². The first-order chi connectivity index (χ1) is 13.1. The first-order valence-electron chi connectivity index (χ1n) is 9.31. The Morgan fingerprint density at radius 2 is 1.74 bits per heavy atom. The van der Waals surface area contributed by atoms with Crippen molar-refractivity contribution in [3.8, 4) is 5.75 Å². The number of benzene rings is 2. The molecule has 1 aliphatic heterocycles. The molecule has 1 aliphatic rings. The molecule has 5 nitrogen and oxygen atoms in total. The molecule has 3 rings (SSSR count). The van der Waals surface area contributed by atoms with E-state index in [9.17, 15) is 4.79 Å². The number of rotatable bonds is 7. The molecule has 1 fully saturated rings. The van der Waals surface area contributed by atoms with Gasteiger partial charge in [-0.1, -0.05) is 34.1 Å². The molecule has 0 aliphatic carbocycles. The minimum atomic E-state index is -0.0901. The third-order valence-corrected chi connectivity index (χ3v) is 5.37. The van der Waals surface area contributed by atoms with E-state index in [-0.39, 0.29) is 12.5 Å². The van der Waals surface area contributed by atoms with Crippen molar-refractivity contribution >= 4 is 27.5 Å². The maximum absolute atomic E-state index is 12.0. The number of ether oxygens (including phenoxy) is 1. The number of piperazine rings is 1. The normalized spacial score (nSPS) is 16.0. The van der Waals surface area contributed by atoms with Gasteiger partial charge in [-0.2, -0.15) is 0 Å². The lowest BCUT2D eigenvalue weighted by atomic mass is 10.2. The minimum absolute atomic E-state index is 0.0378. The van der Waals surface area contributed by atoms with Crippen LogP contribution in [0.5, 0.6) is 5.75 Å². The van der Waals surface area contributed by atoms with Gasteiger partial charge < -0.3 is 15.0 Å². The second-order valence-electron chi connectivity index (χ2n) is 6.75. The molecule has 0 saturated carbocycles. The molecule has 0 radical (unpaired) electrons. The highest BCUT2D eigenvalue weighted by Gasteiger charge is 2.21. The van der Waals surface area contributed by atoms with Crippen LogP contribution in [0, 0.1) is 0 Å². The van der Waals surface area contributed by atoms with Gasteiger partial charge in [-0.25, -0.2) is 0 Å². The highest BCUT2D eigenvalue weighted by Crippen LogP contribution is 2.17. The SMILES string of the molecule is CC(CNC(=O)COc1ccc(Br)cc1)N1CCN(c2ccccc2)CC1. The predicted molar refractivity (Wildman–Crippen MR) is 112 cm³/mol. The summed E-state index contributed by atoms with van der Waals surface area (Å²) in [6.45, 7) is 6.85. The quantitative estimate of drug-likeness (QED) is 0.730. The molecule has 1 atom stereocenters. The van der Waals surface area contributed by atoms with E-state index in [2.05, 4.69) is 62.2 Å². The van der Waals surface area contributed by atoms with Crippen molar-refractivity contribution in [1.29, 1.82) is 0 Å². The van der Waals surface area contributed by atoms with Gasteiger partial charge >= 0.3 is 0 Å². The van der Waals surface area contributed by atoms with Crippen molar-refractivity contribution in [3.63, 3.8) is 0 Å². The average Bonchev–Trinajstić information content (AvgIpc) is 2.72. The fraction of sp³-hybridized carbons (Fsp3) is 0.381. The van der Waals surface area contributed by atoms with E-state index in [1.54, 1.807) is 0 Å². The molecule has 0 aromatic heterocycles. The molecule has 1 amide bonds. The number of hydrogen-bond acceptors (Lipinski definition) is 4. The zero-order valence-corrected chi connectivity index (χ0v) is 17.2. The smallest absolute Gasteiger partial charge is 0.257 e. The van der Waals surface area contributed by atoms with E-state index < -0.39 is 0 Å². The largest absolute Gasteiger partial charge is 0.484 e. The van der Waals surface area contributed by atoms with Gasteiger partial charge in [-0.05, 0) is 43.3 Å². The van der Waals surface area contributed by atoms with Crippen LogP contribution in [0.4, 0.5) is 5.69 Å². The maximum Gasteiger partial charge on any atom is 0.257 e. The molecule has 2 aromatic carbocycles. The van der Waals surface area contributed by atoms with Crippen molar-refractivity contribution in [1.82, 2.24) is 10.2 Å². The number of para-hydroxylation sites is 1. The van der Waals surface area contributed by atoms with Crippen LogP contribution in [-0.4, -0.2) is 56.2 Å². The van der Waals surface area contributed by atoms with Crippen molar-refractivity contribution in [2.75, 3.05) is 44.2 Å². The van der Waals surface area contributed by atoms with Crippen molar-refractivity contribution < 1.29 is 9.53 Å². The highest BCUT2D eigenvalue weighted by atomic mass is 79.9. The Bertz CT molecular complexity index is 716. The average molecular weight is 432 g/mol. The molecular formula is C21H26BrN3O2. The molecule has 0 bridgehead atoms. The summed E-state index contributed by atoms with van der Waals surface area (Å²) in [5.74, 6) is 0.603. The number of halogens is 1. The predicted octanol–water partition coefficient (Wildman–Crippen LogP) is 3.15. The number of anilines is 1. The second kappa shape index (κ2) is 9.76. The van der Waals surface area contributed by atoms with E-state index in [0.29, 0.717) is 18.3 Å². The fourth-order valence-electron chi connectivity index (χ4n) is 3.18. The van der Waals surface area contributed by atoms with Crippen LogP contribution in [0.2, 0.25) is 0 Å². The lowest BCUT2D eigenvalue weighted by Crippen LogP contribution is -2.52. The summed E-state index contributed by atoms with van der Waals surface area (Å²) in [5, 5.41) is 2.98. The van der Waals surface area contributed by atoms with Gasteiger partial charge in [0.25, 0.3) is 5.91 Å². The fourth-order valence-corrected chi connectivity index (χ4v) is 3.45. The molecule has 1 N–H and O–H groups in total. The van der Waals surface area contributed by atoms with E-state index in [0.717, 1.165) is 30.7 Å². The molecule has 0 spiro atoms. The van der Waals surface area contributed by atoms with Gasteiger partial charge in [-0.15, -0.1) is 0 Å². The first kappa shape index (κ1) is 19.7. The Morgan fingerprint density at radius 1 is 1.07 bits per heavy atom. The van der Waals surface area contributed by atoms with Crippen LogP contribution in [0.25, 0.3) is 0 Å². The Balaban J connectivity index is 1.36. The molecule has 27 heavy (non-hydrogen) atoms. The van der Waals surface area contributed by atoms with Crippen LogP contribution < -0.4 is 15.0 Å².